The Morgan fingerprint density at radius 3 is 2.62 bits per heavy atom. The average molecular weight is 356 g/mol. The Hall–Kier alpha value is -2.69. The van der Waals surface area contributed by atoms with Crippen LogP contribution in [0.25, 0.3) is 0 Å². The smallest absolute Gasteiger partial charge is 0.319 e. The number of phenols is 1. The third kappa shape index (κ3) is 6.31. The first-order chi connectivity index (χ1) is 12.5. The number of carbonyl (C=O) groups is 1. The molecular weight excluding hydrogens is 328 g/mol. The molecule has 2 amide bonds. The van der Waals surface area contributed by atoms with E-state index in [2.05, 4.69) is 10.6 Å². The molecule has 0 fully saturated rings. The molecule has 0 radical (unpaired) electrons. The fraction of sp³-hybridized carbons (Fsp3) is 0.381. The van der Waals surface area contributed by atoms with Crippen molar-refractivity contribution in [3.63, 3.8) is 0 Å². The highest BCUT2D eigenvalue weighted by Gasteiger charge is 2.11. The van der Waals surface area contributed by atoms with Crippen LogP contribution in [0.1, 0.15) is 37.8 Å². The van der Waals surface area contributed by atoms with Gasteiger partial charge in [0.25, 0.3) is 0 Å². The van der Waals surface area contributed by atoms with Crippen LogP contribution >= 0.6 is 0 Å². The van der Waals surface area contributed by atoms with E-state index in [4.69, 9.17) is 4.74 Å². The van der Waals surface area contributed by atoms with Gasteiger partial charge in [0.15, 0.2) is 0 Å². The Balaban J connectivity index is 1.86. The van der Waals surface area contributed by atoms with Crippen molar-refractivity contribution >= 4 is 11.7 Å². The predicted molar refractivity (Wildman–Crippen MR) is 105 cm³/mol. The SMILES string of the molecule is CCCOc1cc(C)ccc1NC(=O)NC(C)CCc1ccc(O)cc1. The van der Waals surface area contributed by atoms with Crippen LogP contribution in [0.3, 0.4) is 0 Å². The number of carbonyl (C=O) groups excluding carboxylic acids is 1. The zero-order chi connectivity index (χ0) is 18.9. The lowest BCUT2D eigenvalue weighted by molar-refractivity contribution is 0.248. The predicted octanol–water partition coefficient (Wildman–Crippen LogP) is 4.63. The average Bonchev–Trinajstić information content (AvgIpc) is 2.61. The number of phenolic OH excluding ortho intramolecular Hbond substituents is 1. The van der Waals surface area contributed by atoms with Crippen LogP contribution in [-0.4, -0.2) is 23.8 Å². The van der Waals surface area contributed by atoms with E-state index in [0.29, 0.717) is 18.0 Å². The molecule has 2 aromatic carbocycles. The number of aryl methyl sites for hydroxylation is 2. The van der Waals surface area contributed by atoms with Crippen molar-refractivity contribution in [2.24, 2.45) is 0 Å². The molecule has 5 heteroatoms. The van der Waals surface area contributed by atoms with Gasteiger partial charge >= 0.3 is 6.03 Å². The van der Waals surface area contributed by atoms with E-state index in [1.807, 2.05) is 51.1 Å². The number of benzene rings is 2. The Morgan fingerprint density at radius 1 is 1.19 bits per heavy atom. The third-order valence-electron chi connectivity index (χ3n) is 4.03. The molecule has 0 heterocycles. The Bertz CT molecular complexity index is 714. The van der Waals surface area contributed by atoms with Crippen molar-refractivity contribution in [1.82, 2.24) is 5.32 Å². The van der Waals surface area contributed by atoms with Gasteiger partial charge in [0.1, 0.15) is 11.5 Å². The van der Waals surface area contributed by atoms with Gasteiger partial charge in [-0.05, 0) is 68.5 Å². The summed E-state index contributed by atoms with van der Waals surface area (Å²) in [5.74, 6) is 0.956. The summed E-state index contributed by atoms with van der Waals surface area (Å²) in [6.07, 6.45) is 2.55. The van der Waals surface area contributed by atoms with E-state index in [1.54, 1.807) is 12.1 Å². The summed E-state index contributed by atoms with van der Waals surface area (Å²) < 4.78 is 5.73. The summed E-state index contributed by atoms with van der Waals surface area (Å²) in [5, 5.41) is 15.1. The molecule has 0 saturated heterocycles. The number of hydrogen-bond donors (Lipinski definition) is 3. The number of amides is 2. The highest BCUT2D eigenvalue weighted by atomic mass is 16.5. The summed E-state index contributed by atoms with van der Waals surface area (Å²) in [4.78, 5) is 12.3. The van der Waals surface area contributed by atoms with Gasteiger partial charge < -0.3 is 20.5 Å². The molecule has 140 valence electrons. The van der Waals surface area contributed by atoms with Gasteiger partial charge in [0.05, 0.1) is 12.3 Å². The number of rotatable bonds is 8. The van der Waals surface area contributed by atoms with Crippen molar-refractivity contribution in [1.29, 1.82) is 0 Å². The van der Waals surface area contributed by atoms with Crippen LogP contribution in [0.4, 0.5) is 10.5 Å². The molecule has 0 aliphatic heterocycles. The normalized spacial score (nSPS) is 11.7. The molecule has 3 N–H and O–H groups in total. The van der Waals surface area contributed by atoms with Gasteiger partial charge in [0.2, 0.25) is 0 Å². The van der Waals surface area contributed by atoms with Gasteiger partial charge in [-0.25, -0.2) is 4.79 Å². The lowest BCUT2D eigenvalue weighted by Gasteiger charge is -2.17. The molecule has 2 rings (SSSR count). The van der Waals surface area contributed by atoms with E-state index in [1.165, 1.54) is 0 Å². The molecule has 1 unspecified atom stereocenters. The monoisotopic (exact) mass is 356 g/mol. The fourth-order valence-electron chi connectivity index (χ4n) is 2.56. The summed E-state index contributed by atoms with van der Waals surface area (Å²) >= 11 is 0. The minimum absolute atomic E-state index is 0.0225. The molecule has 0 aromatic heterocycles. The molecule has 26 heavy (non-hydrogen) atoms. The van der Waals surface area contributed by atoms with E-state index >= 15 is 0 Å². The van der Waals surface area contributed by atoms with Gasteiger partial charge in [-0.15, -0.1) is 0 Å². The largest absolute Gasteiger partial charge is 0.508 e. The van der Waals surface area contributed by atoms with Gasteiger partial charge in [-0.3, -0.25) is 0 Å². The number of nitrogens with one attached hydrogen (secondary N) is 2. The minimum atomic E-state index is -0.242. The maximum atomic E-state index is 12.3. The number of aromatic hydroxyl groups is 1. The Morgan fingerprint density at radius 2 is 1.92 bits per heavy atom. The Kier molecular flexibility index (Phi) is 7.33. The van der Waals surface area contributed by atoms with Crippen molar-refractivity contribution in [2.45, 2.75) is 46.1 Å². The van der Waals surface area contributed by atoms with Crippen LogP contribution < -0.4 is 15.4 Å². The number of hydrogen-bond acceptors (Lipinski definition) is 3. The lowest BCUT2D eigenvalue weighted by atomic mass is 10.1. The highest BCUT2D eigenvalue weighted by Crippen LogP contribution is 2.26. The maximum Gasteiger partial charge on any atom is 0.319 e. The number of anilines is 1. The summed E-state index contributed by atoms with van der Waals surface area (Å²) in [6.45, 7) is 6.63. The number of ether oxygens (including phenoxy) is 1. The van der Waals surface area contributed by atoms with Gasteiger partial charge in [-0.1, -0.05) is 25.1 Å². The van der Waals surface area contributed by atoms with Crippen molar-refractivity contribution in [2.75, 3.05) is 11.9 Å². The quantitative estimate of drug-likeness (QED) is 0.646. The molecular formula is C21H28N2O3. The molecule has 0 aliphatic rings. The molecule has 0 aliphatic carbocycles. The van der Waals surface area contributed by atoms with Crippen LogP contribution in [0, 0.1) is 6.92 Å². The summed E-state index contributed by atoms with van der Waals surface area (Å²) in [5.41, 5.74) is 2.89. The molecule has 1 atom stereocenters. The van der Waals surface area contributed by atoms with Crippen molar-refractivity contribution < 1.29 is 14.6 Å². The zero-order valence-electron chi connectivity index (χ0n) is 15.7. The zero-order valence-corrected chi connectivity index (χ0v) is 15.7. The molecule has 0 spiro atoms. The maximum absolute atomic E-state index is 12.3. The van der Waals surface area contributed by atoms with Crippen LogP contribution in [0.5, 0.6) is 11.5 Å². The first kappa shape index (κ1) is 19.6. The minimum Gasteiger partial charge on any atom is -0.508 e. The van der Waals surface area contributed by atoms with Crippen molar-refractivity contribution in [3.05, 3.63) is 53.6 Å². The van der Waals surface area contributed by atoms with E-state index in [9.17, 15) is 9.90 Å². The number of urea groups is 1. The van der Waals surface area contributed by atoms with E-state index < -0.39 is 0 Å². The second kappa shape index (κ2) is 9.70. The van der Waals surface area contributed by atoms with Gasteiger partial charge in [0, 0.05) is 6.04 Å². The molecule has 0 saturated carbocycles. The molecule has 0 bridgehead atoms. The first-order valence-electron chi connectivity index (χ1n) is 9.06. The fourth-order valence-corrected chi connectivity index (χ4v) is 2.56. The second-order valence-electron chi connectivity index (χ2n) is 6.55. The lowest BCUT2D eigenvalue weighted by Crippen LogP contribution is -2.36. The van der Waals surface area contributed by atoms with E-state index in [0.717, 1.165) is 30.4 Å². The molecule has 5 nitrogen and oxygen atoms in total. The summed E-state index contributed by atoms with van der Waals surface area (Å²) in [7, 11) is 0. The molecule has 2 aromatic rings. The van der Waals surface area contributed by atoms with Crippen molar-refractivity contribution in [3.8, 4) is 11.5 Å². The van der Waals surface area contributed by atoms with Crippen LogP contribution in [0.15, 0.2) is 42.5 Å². The Labute approximate surface area is 155 Å². The van der Waals surface area contributed by atoms with Crippen LogP contribution in [0.2, 0.25) is 0 Å². The second-order valence-corrected chi connectivity index (χ2v) is 6.55. The van der Waals surface area contributed by atoms with E-state index in [-0.39, 0.29) is 17.8 Å². The first-order valence-corrected chi connectivity index (χ1v) is 9.06. The topological polar surface area (TPSA) is 70.6 Å². The standard InChI is InChI=1S/C21H28N2O3/c1-4-13-26-20-14-15(2)5-12-19(20)23-21(25)22-16(3)6-7-17-8-10-18(24)11-9-17/h5,8-12,14,16,24H,4,6-7,13H2,1-3H3,(H2,22,23,25). The highest BCUT2D eigenvalue weighted by molar-refractivity contribution is 5.91. The van der Waals surface area contributed by atoms with Gasteiger partial charge in [-0.2, -0.15) is 0 Å². The van der Waals surface area contributed by atoms with Crippen LogP contribution in [-0.2, 0) is 6.42 Å². The third-order valence-corrected chi connectivity index (χ3v) is 4.03. The summed E-state index contributed by atoms with van der Waals surface area (Å²) in [6, 6.07) is 12.7.